The lowest BCUT2D eigenvalue weighted by molar-refractivity contribution is 0.147. The monoisotopic (exact) mass is 289 g/mol. The minimum Gasteiger partial charge on any atom is -0.388 e. The van der Waals surface area contributed by atoms with Crippen LogP contribution < -0.4 is 5.73 Å². The van der Waals surface area contributed by atoms with Crippen LogP contribution in [0.3, 0.4) is 0 Å². The molecule has 0 aliphatic heterocycles. The standard InChI is InChI=1S/C17H20ClNO/c1-11-4-3-5-13(8-11)16(10-19)17(20)15-9-14(18)7-6-12(15)2/h3-9,16-17,20H,10,19H2,1-2H3. The van der Waals surface area contributed by atoms with E-state index < -0.39 is 6.10 Å². The molecule has 2 aromatic carbocycles. The summed E-state index contributed by atoms with van der Waals surface area (Å²) in [6.45, 7) is 4.39. The Hall–Kier alpha value is -1.35. The van der Waals surface area contributed by atoms with Crippen molar-refractivity contribution in [1.29, 1.82) is 0 Å². The Morgan fingerprint density at radius 2 is 1.90 bits per heavy atom. The molecule has 20 heavy (non-hydrogen) atoms. The van der Waals surface area contributed by atoms with Crippen molar-refractivity contribution in [3.05, 3.63) is 69.7 Å². The number of hydrogen-bond donors (Lipinski definition) is 2. The smallest absolute Gasteiger partial charge is 0.0873 e. The van der Waals surface area contributed by atoms with Gasteiger partial charge < -0.3 is 10.8 Å². The number of aliphatic hydroxyl groups is 1. The second kappa shape index (κ2) is 6.40. The molecule has 2 aromatic rings. The summed E-state index contributed by atoms with van der Waals surface area (Å²) < 4.78 is 0. The van der Waals surface area contributed by atoms with Gasteiger partial charge in [0.25, 0.3) is 0 Å². The lowest BCUT2D eigenvalue weighted by Gasteiger charge is -2.24. The van der Waals surface area contributed by atoms with Crippen molar-refractivity contribution >= 4 is 11.6 Å². The van der Waals surface area contributed by atoms with Gasteiger partial charge in [0.05, 0.1) is 6.10 Å². The Bertz CT molecular complexity index is 597. The van der Waals surface area contributed by atoms with Crippen LogP contribution in [-0.4, -0.2) is 11.7 Å². The molecule has 0 amide bonds. The highest BCUT2D eigenvalue weighted by atomic mass is 35.5. The van der Waals surface area contributed by atoms with Gasteiger partial charge in [-0.05, 0) is 42.7 Å². The van der Waals surface area contributed by atoms with Crippen LogP contribution >= 0.6 is 11.6 Å². The molecule has 3 heteroatoms. The third-order valence-corrected chi connectivity index (χ3v) is 3.90. The van der Waals surface area contributed by atoms with Gasteiger partial charge in [0, 0.05) is 17.5 Å². The molecule has 0 bridgehead atoms. The molecule has 3 N–H and O–H groups in total. The van der Waals surface area contributed by atoms with E-state index in [1.54, 1.807) is 0 Å². The molecule has 0 saturated carbocycles. The number of halogens is 1. The molecule has 2 rings (SSSR count). The number of benzene rings is 2. The molecular formula is C17H20ClNO. The molecule has 2 nitrogen and oxygen atoms in total. The zero-order valence-corrected chi connectivity index (χ0v) is 12.6. The van der Waals surface area contributed by atoms with Crippen molar-refractivity contribution in [1.82, 2.24) is 0 Å². The van der Waals surface area contributed by atoms with Crippen LogP contribution in [0.1, 0.15) is 34.3 Å². The lowest BCUT2D eigenvalue weighted by Crippen LogP contribution is -2.21. The van der Waals surface area contributed by atoms with Crippen LogP contribution in [0.15, 0.2) is 42.5 Å². The Morgan fingerprint density at radius 3 is 2.55 bits per heavy atom. The number of aliphatic hydroxyl groups excluding tert-OH is 1. The average Bonchev–Trinajstić information content (AvgIpc) is 2.42. The summed E-state index contributed by atoms with van der Waals surface area (Å²) in [4.78, 5) is 0. The van der Waals surface area contributed by atoms with Crippen LogP contribution in [0.4, 0.5) is 0 Å². The third kappa shape index (κ3) is 3.21. The van der Waals surface area contributed by atoms with Crippen molar-refractivity contribution < 1.29 is 5.11 Å². The Balaban J connectivity index is 2.38. The maximum absolute atomic E-state index is 10.7. The van der Waals surface area contributed by atoms with Crippen LogP contribution in [0, 0.1) is 13.8 Å². The van der Waals surface area contributed by atoms with E-state index in [0.717, 1.165) is 22.3 Å². The molecule has 2 atom stereocenters. The molecule has 0 saturated heterocycles. The van der Waals surface area contributed by atoms with Crippen LogP contribution in [0.25, 0.3) is 0 Å². The van der Waals surface area contributed by atoms with E-state index in [0.29, 0.717) is 11.6 Å². The predicted molar refractivity (Wildman–Crippen MR) is 84.1 cm³/mol. The van der Waals surface area contributed by atoms with Crippen LogP contribution in [-0.2, 0) is 0 Å². The van der Waals surface area contributed by atoms with Gasteiger partial charge in [-0.3, -0.25) is 0 Å². The van der Waals surface area contributed by atoms with Gasteiger partial charge in [-0.15, -0.1) is 0 Å². The highest BCUT2D eigenvalue weighted by molar-refractivity contribution is 6.30. The molecule has 0 aliphatic carbocycles. The zero-order valence-electron chi connectivity index (χ0n) is 11.8. The molecule has 0 aromatic heterocycles. The van der Waals surface area contributed by atoms with E-state index in [-0.39, 0.29) is 5.92 Å². The third-order valence-electron chi connectivity index (χ3n) is 3.67. The fourth-order valence-corrected chi connectivity index (χ4v) is 2.68. The quantitative estimate of drug-likeness (QED) is 0.901. The number of nitrogens with two attached hydrogens (primary N) is 1. The maximum Gasteiger partial charge on any atom is 0.0873 e. The molecule has 106 valence electrons. The first-order chi connectivity index (χ1) is 9.52. The number of aryl methyl sites for hydroxylation is 2. The SMILES string of the molecule is Cc1cccc(C(CN)C(O)c2cc(Cl)ccc2C)c1. The second-order valence-electron chi connectivity index (χ2n) is 5.20. The summed E-state index contributed by atoms with van der Waals surface area (Å²) in [5.74, 6) is -0.132. The molecule has 0 heterocycles. The van der Waals surface area contributed by atoms with Gasteiger partial charge in [-0.1, -0.05) is 47.5 Å². The minimum absolute atomic E-state index is 0.132. The van der Waals surface area contributed by atoms with Gasteiger partial charge in [0.1, 0.15) is 0 Å². The van der Waals surface area contributed by atoms with Crippen molar-refractivity contribution in [2.75, 3.05) is 6.54 Å². The maximum atomic E-state index is 10.7. The Morgan fingerprint density at radius 1 is 1.15 bits per heavy atom. The fourth-order valence-electron chi connectivity index (χ4n) is 2.49. The Kier molecular flexibility index (Phi) is 4.81. The second-order valence-corrected chi connectivity index (χ2v) is 5.64. The van der Waals surface area contributed by atoms with Crippen molar-refractivity contribution in [3.63, 3.8) is 0 Å². The predicted octanol–water partition coefficient (Wildman–Crippen LogP) is 3.73. The lowest BCUT2D eigenvalue weighted by atomic mass is 9.87. The topological polar surface area (TPSA) is 46.2 Å². The number of rotatable bonds is 4. The largest absolute Gasteiger partial charge is 0.388 e. The fraction of sp³-hybridized carbons (Fsp3) is 0.294. The Labute approximate surface area is 125 Å². The van der Waals surface area contributed by atoms with Gasteiger partial charge >= 0.3 is 0 Å². The summed E-state index contributed by atoms with van der Waals surface area (Å²) >= 11 is 6.04. The average molecular weight is 290 g/mol. The summed E-state index contributed by atoms with van der Waals surface area (Å²) in [5, 5.41) is 11.3. The first-order valence-electron chi connectivity index (χ1n) is 6.73. The molecule has 2 unspecified atom stereocenters. The summed E-state index contributed by atoms with van der Waals surface area (Å²) in [5.41, 5.74) is 9.97. The van der Waals surface area contributed by atoms with E-state index in [4.69, 9.17) is 17.3 Å². The highest BCUT2D eigenvalue weighted by Gasteiger charge is 2.23. The molecular weight excluding hydrogens is 270 g/mol. The number of hydrogen-bond acceptors (Lipinski definition) is 2. The zero-order chi connectivity index (χ0) is 14.7. The van der Waals surface area contributed by atoms with Gasteiger partial charge in [-0.25, -0.2) is 0 Å². The van der Waals surface area contributed by atoms with Crippen molar-refractivity contribution in [2.45, 2.75) is 25.9 Å². The normalized spacial score (nSPS) is 14.1. The molecule has 0 fully saturated rings. The first-order valence-corrected chi connectivity index (χ1v) is 7.11. The van der Waals surface area contributed by atoms with Crippen LogP contribution in [0.2, 0.25) is 5.02 Å². The highest BCUT2D eigenvalue weighted by Crippen LogP contribution is 2.33. The van der Waals surface area contributed by atoms with Crippen molar-refractivity contribution in [3.8, 4) is 0 Å². The van der Waals surface area contributed by atoms with Crippen LogP contribution in [0.5, 0.6) is 0 Å². The van der Waals surface area contributed by atoms with E-state index in [1.165, 1.54) is 0 Å². The summed E-state index contributed by atoms with van der Waals surface area (Å²) in [7, 11) is 0. The first kappa shape index (κ1) is 15.0. The minimum atomic E-state index is -0.652. The van der Waals surface area contributed by atoms with E-state index >= 15 is 0 Å². The molecule has 0 spiro atoms. The summed E-state index contributed by atoms with van der Waals surface area (Å²) in [6.07, 6.45) is -0.652. The molecule has 0 radical (unpaired) electrons. The molecule has 0 aliphatic rings. The van der Waals surface area contributed by atoms with E-state index in [1.807, 2.05) is 50.2 Å². The van der Waals surface area contributed by atoms with Gasteiger partial charge in [-0.2, -0.15) is 0 Å². The van der Waals surface area contributed by atoms with E-state index in [2.05, 4.69) is 6.07 Å². The van der Waals surface area contributed by atoms with Gasteiger partial charge in [0.2, 0.25) is 0 Å². The van der Waals surface area contributed by atoms with Gasteiger partial charge in [0.15, 0.2) is 0 Å². The summed E-state index contributed by atoms with van der Waals surface area (Å²) in [6, 6.07) is 13.7. The van der Waals surface area contributed by atoms with E-state index in [9.17, 15) is 5.11 Å². The van der Waals surface area contributed by atoms with Crippen molar-refractivity contribution in [2.24, 2.45) is 5.73 Å².